The van der Waals surface area contributed by atoms with Crippen LogP contribution in [0.15, 0.2) is 0 Å². The first-order valence-corrected chi connectivity index (χ1v) is 7.47. The molecule has 3 unspecified atom stereocenters. The fourth-order valence-corrected chi connectivity index (χ4v) is 3.21. The average molecular weight is 284 g/mol. The van der Waals surface area contributed by atoms with Gasteiger partial charge in [-0.15, -0.1) is 0 Å². The Hall–Kier alpha value is -1.14. The molecule has 6 heteroatoms. The molecule has 2 rings (SSSR count). The van der Waals surface area contributed by atoms with Crippen LogP contribution >= 0.6 is 0 Å². The van der Waals surface area contributed by atoms with Crippen LogP contribution in [-0.4, -0.2) is 35.3 Å². The fraction of sp³-hybridized carbons (Fsp3) is 0.857. The maximum absolute atomic E-state index is 11.9. The lowest BCUT2D eigenvalue weighted by atomic mass is 9.92. The van der Waals surface area contributed by atoms with E-state index >= 15 is 0 Å². The van der Waals surface area contributed by atoms with Gasteiger partial charge in [0, 0.05) is 12.5 Å². The van der Waals surface area contributed by atoms with Crippen LogP contribution in [0.3, 0.4) is 0 Å². The minimum atomic E-state index is -0.434. The van der Waals surface area contributed by atoms with E-state index in [1.807, 2.05) is 0 Å². The van der Waals surface area contributed by atoms with E-state index in [0.717, 1.165) is 25.7 Å². The van der Waals surface area contributed by atoms with E-state index < -0.39 is 11.8 Å². The molecule has 2 amide bonds. The number of amides is 2. The van der Waals surface area contributed by atoms with E-state index in [9.17, 15) is 9.59 Å². The van der Waals surface area contributed by atoms with Crippen molar-refractivity contribution in [1.29, 1.82) is 0 Å². The zero-order valence-corrected chi connectivity index (χ0v) is 12.0. The summed E-state index contributed by atoms with van der Waals surface area (Å²) in [5, 5.41) is 11.8. The molecule has 0 aromatic rings. The number of ether oxygens (including phenoxy) is 1. The second-order valence-electron chi connectivity index (χ2n) is 5.90. The lowest BCUT2D eigenvalue weighted by Gasteiger charge is -2.38. The Balaban J connectivity index is 1.90. The molecule has 1 saturated heterocycles. The quantitative estimate of drug-likeness (QED) is 0.387. The van der Waals surface area contributed by atoms with E-state index in [0.29, 0.717) is 25.9 Å². The molecule has 6 nitrogen and oxygen atoms in total. The summed E-state index contributed by atoms with van der Waals surface area (Å²) in [7, 11) is 0. The number of hydroxylamine groups is 1. The SMILES string of the molecule is CCCCCC(=O)NC1CC2(CCO2)CC1C(=O)NO. The first kappa shape index (κ1) is 15.3. The summed E-state index contributed by atoms with van der Waals surface area (Å²) >= 11 is 0. The largest absolute Gasteiger partial charge is 0.375 e. The van der Waals surface area contributed by atoms with Gasteiger partial charge in [0.25, 0.3) is 0 Å². The molecule has 3 N–H and O–H groups in total. The van der Waals surface area contributed by atoms with Crippen molar-refractivity contribution in [2.45, 2.75) is 63.5 Å². The fourth-order valence-electron chi connectivity index (χ4n) is 3.21. The highest BCUT2D eigenvalue weighted by Crippen LogP contribution is 2.45. The maximum Gasteiger partial charge on any atom is 0.248 e. The summed E-state index contributed by atoms with van der Waals surface area (Å²) in [6.07, 6.45) is 5.61. The Morgan fingerprint density at radius 3 is 2.65 bits per heavy atom. The van der Waals surface area contributed by atoms with E-state index in [-0.39, 0.29) is 17.6 Å². The molecule has 1 heterocycles. The third-order valence-electron chi connectivity index (χ3n) is 4.44. The zero-order valence-electron chi connectivity index (χ0n) is 12.0. The van der Waals surface area contributed by atoms with Crippen LogP contribution in [-0.2, 0) is 14.3 Å². The lowest BCUT2D eigenvalue weighted by molar-refractivity contribution is -0.149. The van der Waals surface area contributed by atoms with E-state index in [1.54, 1.807) is 5.48 Å². The predicted octanol–water partition coefficient (Wildman–Crippen LogP) is 1.13. The van der Waals surface area contributed by atoms with Crippen molar-refractivity contribution >= 4 is 11.8 Å². The second-order valence-corrected chi connectivity index (χ2v) is 5.90. The zero-order chi connectivity index (χ0) is 14.6. The monoisotopic (exact) mass is 284 g/mol. The highest BCUT2D eigenvalue weighted by molar-refractivity contribution is 5.81. The minimum Gasteiger partial charge on any atom is -0.375 e. The van der Waals surface area contributed by atoms with Gasteiger partial charge < -0.3 is 10.1 Å². The molecule has 1 aliphatic heterocycles. The van der Waals surface area contributed by atoms with Gasteiger partial charge in [-0.25, -0.2) is 5.48 Å². The van der Waals surface area contributed by atoms with Gasteiger partial charge in [-0.2, -0.15) is 0 Å². The molecule has 0 radical (unpaired) electrons. The van der Waals surface area contributed by atoms with Crippen LogP contribution in [0, 0.1) is 5.92 Å². The Morgan fingerprint density at radius 2 is 2.10 bits per heavy atom. The molecule has 114 valence electrons. The van der Waals surface area contributed by atoms with Crippen molar-refractivity contribution in [3.63, 3.8) is 0 Å². The molecule has 20 heavy (non-hydrogen) atoms. The third-order valence-corrected chi connectivity index (χ3v) is 4.44. The van der Waals surface area contributed by atoms with Gasteiger partial charge in [-0.3, -0.25) is 14.8 Å². The van der Waals surface area contributed by atoms with Gasteiger partial charge in [-0.05, 0) is 25.7 Å². The summed E-state index contributed by atoms with van der Waals surface area (Å²) in [5.41, 5.74) is 1.44. The summed E-state index contributed by atoms with van der Waals surface area (Å²) in [5.74, 6) is -0.859. The van der Waals surface area contributed by atoms with Crippen LogP contribution < -0.4 is 10.8 Å². The van der Waals surface area contributed by atoms with E-state index in [1.165, 1.54) is 0 Å². The van der Waals surface area contributed by atoms with Gasteiger partial charge in [0.05, 0.1) is 18.1 Å². The number of hydrogen-bond donors (Lipinski definition) is 3. The number of nitrogens with one attached hydrogen (secondary N) is 2. The van der Waals surface area contributed by atoms with Crippen LogP contribution in [0.5, 0.6) is 0 Å². The molecular formula is C14H24N2O4. The summed E-state index contributed by atoms with van der Waals surface area (Å²) in [6, 6.07) is -0.239. The van der Waals surface area contributed by atoms with Gasteiger partial charge in [-0.1, -0.05) is 19.8 Å². The van der Waals surface area contributed by atoms with E-state index in [4.69, 9.17) is 9.94 Å². The molecule has 3 atom stereocenters. The van der Waals surface area contributed by atoms with Crippen molar-refractivity contribution in [1.82, 2.24) is 10.8 Å². The van der Waals surface area contributed by atoms with E-state index in [2.05, 4.69) is 12.2 Å². The highest BCUT2D eigenvalue weighted by atomic mass is 16.5. The standard InChI is InChI=1S/C14H24N2O4/c1-2-3-4-5-12(17)15-11-9-14(6-7-20-14)8-10(11)13(18)16-19/h10-11,19H,2-9H2,1H3,(H,15,17)(H,16,18). The molecule has 1 spiro atoms. The predicted molar refractivity (Wildman–Crippen MR) is 72.0 cm³/mol. The van der Waals surface area contributed by atoms with Gasteiger partial charge in [0.15, 0.2) is 0 Å². The Labute approximate surface area is 119 Å². The number of rotatable bonds is 6. The first-order chi connectivity index (χ1) is 9.60. The smallest absolute Gasteiger partial charge is 0.248 e. The summed E-state index contributed by atoms with van der Waals surface area (Å²) < 4.78 is 5.60. The average Bonchev–Trinajstić information content (AvgIpc) is 2.78. The molecular weight excluding hydrogens is 260 g/mol. The third kappa shape index (κ3) is 3.30. The number of carbonyl (C=O) groups excluding carboxylic acids is 2. The normalized spacial score (nSPS) is 31.9. The van der Waals surface area contributed by atoms with Crippen LogP contribution in [0.4, 0.5) is 0 Å². The summed E-state index contributed by atoms with van der Waals surface area (Å²) in [6.45, 7) is 2.80. The molecule has 0 aromatic heterocycles. The number of unbranched alkanes of at least 4 members (excludes halogenated alkanes) is 2. The Bertz CT molecular complexity index is 368. The van der Waals surface area contributed by atoms with Crippen molar-refractivity contribution in [2.75, 3.05) is 6.61 Å². The van der Waals surface area contributed by atoms with Crippen LogP contribution in [0.25, 0.3) is 0 Å². The Morgan fingerprint density at radius 1 is 1.35 bits per heavy atom. The van der Waals surface area contributed by atoms with Crippen molar-refractivity contribution < 1.29 is 19.5 Å². The topological polar surface area (TPSA) is 87.7 Å². The lowest BCUT2D eigenvalue weighted by Crippen LogP contribution is -2.44. The van der Waals surface area contributed by atoms with Crippen LogP contribution in [0.1, 0.15) is 51.9 Å². The molecule has 1 saturated carbocycles. The maximum atomic E-state index is 11.9. The highest BCUT2D eigenvalue weighted by Gasteiger charge is 2.52. The summed E-state index contributed by atoms with van der Waals surface area (Å²) in [4.78, 5) is 23.6. The molecule has 2 fully saturated rings. The molecule has 2 aliphatic rings. The molecule has 0 aromatic carbocycles. The van der Waals surface area contributed by atoms with Crippen molar-refractivity contribution in [3.8, 4) is 0 Å². The number of hydrogen-bond acceptors (Lipinski definition) is 4. The van der Waals surface area contributed by atoms with Gasteiger partial charge >= 0.3 is 0 Å². The molecule has 1 aliphatic carbocycles. The first-order valence-electron chi connectivity index (χ1n) is 7.47. The number of carbonyl (C=O) groups is 2. The second kappa shape index (κ2) is 6.54. The minimum absolute atomic E-state index is 0.0180. The van der Waals surface area contributed by atoms with Gasteiger partial charge in [0.1, 0.15) is 0 Å². The Kier molecular flexibility index (Phi) is 4.99. The van der Waals surface area contributed by atoms with Crippen LogP contribution in [0.2, 0.25) is 0 Å². The van der Waals surface area contributed by atoms with Crippen molar-refractivity contribution in [2.24, 2.45) is 5.92 Å². The van der Waals surface area contributed by atoms with Gasteiger partial charge in [0.2, 0.25) is 11.8 Å². The molecule has 0 bridgehead atoms. The van der Waals surface area contributed by atoms with Crippen molar-refractivity contribution in [3.05, 3.63) is 0 Å².